The number of morpholine rings is 1. The predicted molar refractivity (Wildman–Crippen MR) is 95.3 cm³/mol. The Morgan fingerprint density at radius 2 is 1.80 bits per heavy atom. The van der Waals surface area contributed by atoms with Crippen LogP contribution in [-0.2, 0) is 18.8 Å². The van der Waals surface area contributed by atoms with Crippen molar-refractivity contribution in [3.8, 4) is 0 Å². The molecule has 1 amide bonds. The Bertz CT molecular complexity index is 565. The number of nitrogens with zero attached hydrogens (tertiary/aromatic N) is 1. The molecule has 6 nitrogen and oxygen atoms in total. The lowest BCUT2D eigenvalue weighted by molar-refractivity contribution is -0.0531. The van der Waals surface area contributed by atoms with Gasteiger partial charge in [0.05, 0.1) is 36.5 Å². The Hall–Kier alpha value is -1.05. The minimum atomic E-state index is -0.512. The standard InChI is InChI=1S/C18H30BNO5/c1-16(2,3)23-15(21)20-13-8-12(9-14(20)11-22-10-13)19-24-17(4,5)18(6,7)25-19/h8,13-14H,9-11H2,1-7H3/t13-,14-/m0/s1. The molecule has 0 spiro atoms. The summed E-state index contributed by atoms with van der Waals surface area (Å²) in [6.07, 6.45) is 2.45. The zero-order valence-electron chi connectivity index (χ0n) is 16.4. The van der Waals surface area contributed by atoms with Crippen molar-refractivity contribution in [2.45, 2.75) is 83.8 Å². The molecule has 0 aliphatic carbocycles. The number of ether oxygens (including phenoxy) is 2. The Balaban J connectivity index is 1.79. The number of carbonyl (C=O) groups excluding carboxylic acids is 1. The number of hydrogen-bond acceptors (Lipinski definition) is 5. The second-order valence-corrected chi connectivity index (χ2v) is 9.18. The first kappa shape index (κ1) is 18.7. The van der Waals surface area contributed by atoms with E-state index in [1.54, 1.807) is 0 Å². The highest BCUT2D eigenvalue weighted by Crippen LogP contribution is 2.41. The monoisotopic (exact) mass is 351 g/mol. The van der Waals surface area contributed by atoms with Crippen molar-refractivity contribution in [3.63, 3.8) is 0 Å². The third-order valence-corrected chi connectivity index (χ3v) is 5.39. The molecule has 25 heavy (non-hydrogen) atoms. The van der Waals surface area contributed by atoms with E-state index in [1.807, 2.05) is 53.4 Å². The van der Waals surface area contributed by atoms with E-state index in [0.29, 0.717) is 19.6 Å². The summed E-state index contributed by atoms with van der Waals surface area (Å²) < 4.78 is 23.6. The molecular weight excluding hydrogens is 321 g/mol. The third kappa shape index (κ3) is 3.59. The van der Waals surface area contributed by atoms with E-state index in [1.165, 1.54) is 0 Å². The zero-order valence-corrected chi connectivity index (χ0v) is 16.4. The maximum atomic E-state index is 12.6. The van der Waals surface area contributed by atoms with Gasteiger partial charge in [0.25, 0.3) is 0 Å². The van der Waals surface area contributed by atoms with Crippen LogP contribution < -0.4 is 0 Å². The van der Waals surface area contributed by atoms with Crippen LogP contribution in [0.5, 0.6) is 0 Å². The van der Waals surface area contributed by atoms with Gasteiger partial charge in [-0.15, -0.1) is 0 Å². The van der Waals surface area contributed by atoms with Gasteiger partial charge in [-0.05, 0) is 60.4 Å². The predicted octanol–water partition coefficient (Wildman–Crippen LogP) is 2.95. The summed E-state index contributed by atoms with van der Waals surface area (Å²) in [5.74, 6) is 0. The summed E-state index contributed by atoms with van der Waals surface area (Å²) in [4.78, 5) is 14.4. The minimum absolute atomic E-state index is 0.0485. The minimum Gasteiger partial charge on any atom is -0.444 e. The summed E-state index contributed by atoms with van der Waals surface area (Å²) in [5, 5.41) is 0. The third-order valence-electron chi connectivity index (χ3n) is 5.39. The summed E-state index contributed by atoms with van der Waals surface area (Å²) in [7, 11) is -0.367. The van der Waals surface area contributed by atoms with E-state index in [0.717, 1.165) is 5.47 Å². The second kappa shape index (κ2) is 6.00. The summed E-state index contributed by atoms with van der Waals surface area (Å²) in [5.41, 5.74) is -0.155. The van der Waals surface area contributed by atoms with Crippen molar-refractivity contribution >= 4 is 13.2 Å². The highest BCUT2D eigenvalue weighted by molar-refractivity contribution is 6.54. The average molecular weight is 351 g/mol. The van der Waals surface area contributed by atoms with Gasteiger partial charge in [0.15, 0.2) is 0 Å². The Labute approximate surface area is 151 Å². The van der Waals surface area contributed by atoms with Crippen molar-refractivity contribution in [2.24, 2.45) is 0 Å². The molecule has 0 aromatic heterocycles. The van der Waals surface area contributed by atoms with E-state index in [-0.39, 0.29) is 36.5 Å². The number of hydrogen-bond donors (Lipinski definition) is 0. The van der Waals surface area contributed by atoms with Gasteiger partial charge < -0.3 is 18.8 Å². The summed E-state index contributed by atoms with van der Waals surface area (Å²) >= 11 is 0. The van der Waals surface area contributed by atoms with Gasteiger partial charge in [-0.2, -0.15) is 0 Å². The molecule has 2 fully saturated rings. The molecule has 0 N–H and O–H groups in total. The van der Waals surface area contributed by atoms with Gasteiger partial charge in [-0.25, -0.2) is 4.79 Å². The fraction of sp³-hybridized carbons (Fsp3) is 0.833. The number of fused-ring (bicyclic) bond motifs is 2. The molecule has 0 unspecified atom stereocenters. The van der Waals surface area contributed by atoms with Gasteiger partial charge in [0, 0.05) is 0 Å². The quantitative estimate of drug-likeness (QED) is 0.680. The van der Waals surface area contributed by atoms with Crippen LogP contribution in [0.4, 0.5) is 4.79 Å². The first-order valence-corrected chi connectivity index (χ1v) is 9.05. The smallest absolute Gasteiger partial charge is 0.444 e. The van der Waals surface area contributed by atoms with Crippen LogP contribution in [0.25, 0.3) is 0 Å². The lowest BCUT2D eigenvalue weighted by atomic mass is 9.71. The van der Waals surface area contributed by atoms with Crippen LogP contribution >= 0.6 is 0 Å². The van der Waals surface area contributed by atoms with Gasteiger partial charge in [0.1, 0.15) is 5.60 Å². The van der Waals surface area contributed by atoms with Crippen LogP contribution in [0.1, 0.15) is 54.9 Å². The van der Waals surface area contributed by atoms with Crippen LogP contribution in [0, 0.1) is 0 Å². The molecule has 2 saturated heterocycles. The molecule has 2 bridgehead atoms. The lowest BCUT2D eigenvalue weighted by Gasteiger charge is -2.44. The number of amides is 1. The maximum absolute atomic E-state index is 12.6. The van der Waals surface area contributed by atoms with E-state index in [9.17, 15) is 4.79 Å². The highest BCUT2D eigenvalue weighted by atomic mass is 16.7. The van der Waals surface area contributed by atoms with Crippen LogP contribution in [0.3, 0.4) is 0 Å². The molecule has 140 valence electrons. The molecular formula is C18H30BNO5. The Kier molecular flexibility index (Phi) is 4.49. The molecule has 7 heteroatoms. The average Bonchev–Trinajstić information content (AvgIpc) is 2.64. The van der Waals surface area contributed by atoms with Crippen molar-refractivity contribution in [1.82, 2.24) is 4.90 Å². The van der Waals surface area contributed by atoms with Gasteiger partial charge >= 0.3 is 13.2 Å². The van der Waals surface area contributed by atoms with Gasteiger partial charge in [-0.1, -0.05) is 6.08 Å². The molecule has 0 saturated carbocycles. The molecule has 0 aromatic rings. The normalized spacial score (nSPS) is 30.9. The van der Waals surface area contributed by atoms with E-state index < -0.39 is 5.60 Å². The summed E-state index contributed by atoms with van der Waals surface area (Å²) in [6.45, 7) is 14.8. The van der Waals surface area contributed by atoms with Crippen LogP contribution in [-0.4, -0.2) is 60.2 Å². The van der Waals surface area contributed by atoms with Crippen molar-refractivity contribution < 1.29 is 23.6 Å². The van der Waals surface area contributed by atoms with E-state index in [2.05, 4.69) is 6.08 Å². The first-order valence-electron chi connectivity index (χ1n) is 9.05. The molecule has 0 aromatic carbocycles. The van der Waals surface area contributed by atoms with Crippen LogP contribution in [0.2, 0.25) is 0 Å². The molecule has 3 rings (SSSR count). The van der Waals surface area contributed by atoms with Crippen molar-refractivity contribution in [2.75, 3.05) is 13.2 Å². The zero-order chi connectivity index (χ0) is 18.6. The Morgan fingerprint density at radius 3 is 2.32 bits per heavy atom. The van der Waals surface area contributed by atoms with Crippen molar-refractivity contribution in [3.05, 3.63) is 11.5 Å². The molecule has 0 radical (unpaired) electrons. The summed E-state index contributed by atoms with van der Waals surface area (Å²) in [6, 6.07) is -0.191. The van der Waals surface area contributed by atoms with E-state index in [4.69, 9.17) is 18.8 Å². The molecule has 3 aliphatic heterocycles. The second-order valence-electron chi connectivity index (χ2n) is 9.18. The van der Waals surface area contributed by atoms with E-state index >= 15 is 0 Å². The van der Waals surface area contributed by atoms with Crippen molar-refractivity contribution in [1.29, 1.82) is 0 Å². The lowest BCUT2D eigenvalue weighted by Crippen LogP contribution is -2.58. The van der Waals surface area contributed by atoms with Gasteiger partial charge in [0.2, 0.25) is 0 Å². The first-order chi connectivity index (χ1) is 11.4. The molecule has 3 heterocycles. The fourth-order valence-corrected chi connectivity index (χ4v) is 3.40. The van der Waals surface area contributed by atoms with Gasteiger partial charge in [-0.3, -0.25) is 4.90 Å². The Morgan fingerprint density at radius 1 is 1.20 bits per heavy atom. The SMILES string of the molecule is CC(C)(C)OC(=O)N1[C@@H]2COC[C@@H]1C=C(B1OC(C)(C)C(C)(C)O1)C2. The highest BCUT2D eigenvalue weighted by Gasteiger charge is 2.54. The number of rotatable bonds is 1. The topological polar surface area (TPSA) is 57.2 Å². The molecule has 3 aliphatic rings. The molecule has 2 atom stereocenters. The number of carbonyl (C=O) groups is 1. The maximum Gasteiger partial charge on any atom is 0.490 e. The largest absolute Gasteiger partial charge is 0.490 e. The van der Waals surface area contributed by atoms with Crippen LogP contribution in [0.15, 0.2) is 11.5 Å². The fourth-order valence-electron chi connectivity index (χ4n) is 3.40.